The van der Waals surface area contributed by atoms with Crippen molar-refractivity contribution in [3.8, 4) is 11.5 Å². The average molecular weight is 502 g/mol. The van der Waals surface area contributed by atoms with Gasteiger partial charge in [0.2, 0.25) is 0 Å². The van der Waals surface area contributed by atoms with Gasteiger partial charge in [0.1, 0.15) is 30.4 Å². The highest BCUT2D eigenvalue weighted by atomic mass is 19.1. The van der Waals surface area contributed by atoms with E-state index in [2.05, 4.69) is 22.4 Å². The molecule has 0 aliphatic carbocycles. The third kappa shape index (κ3) is 6.44. The van der Waals surface area contributed by atoms with Crippen LogP contribution < -0.4 is 14.8 Å². The van der Waals surface area contributed by atoms with Crippen molar-refractivity contribution < 1.29 is 28.9 Å². The topological polar surface area (TPSA) is 104 Å². The maximum Gasteiger partial charge on any atom is 0.325 e. The summed E-state index contributed by atoms with van der Waals surface area (Å²) in [6.45, 7) is 4.87. The highest BCUT2D eigenvalue weighted by Gasteiger charge is 2.35. The molecule has 5 rings (SSSR count). The Morgan fingerprint density at radius 3 is 2.81 bits per heavy atom. The summed E-state index contributed by atoms with van der Waals surface area (Å²) >= 11 is 0. The molecule has 2 unspecified atom stereocenters. The Balaban J connectivity index is 0.000000179. The van der Waals surface area contributed by atoms with E-state index in [1.807, 2.05) is 11.8 Å². The minimum absolute atomic E-state index is 0.185. The largest absolute Gasteiger partial charge is 0.486 e. The Kier molecular flexibility index (Phi) is 8.98. The minimum atomic E-state index is -0.994. The van der Waals surface area contributed by atoms with Gasteiger partial charge in [-0.2, -0.15) is 0 Å². The first-order valence-electron chi connectivity index (χ1n) is 12.9. The molecule has 0 spiro atoms. The summed E-state index contributed by atoms with van der Waals surface area (Å²) in [5, 5.41) is 21.6. The lowest BCUT2D eigenvalue weighted by Gasteiger charge is -2.30. The van der Waals surface area contributed by atoms with Crippen LogP contribution >= 0.6 is 0 Å². The van der Waals surface area contributed by atoms with E-state index in [1.165, 1.54) is 24.1 Å². The first-order chi connectivity index (χ1) is 17.5. The van der Waals surface area contributed by atoms with E-state index in [0.29, 0.717) is 31.0 Å². The van der Waals surface area contributed by atoms with Gasteiger partial charge in [-0.05, 0) is 82.7 Å². The van der Waals surface area contributed by atoms with Crippen molar-refractivity contribution in [2.45, 2.75) is 64.0 Å². The molecule has 3 aliphatic rings. The first-order valence-corrected chi connectivity index (χ1v) is 12.9. The number of unbranched alkanes of at least 4 members (excludes halogenated alkanes) is 1. The molecule has 196 valence electrons. The van der Waals surface area contributed by atoms with Crippen LogP contribution in [0.4, 0.5) is 10.2 Å². The molecule has 3 aliphatic heterocycles. The van der Waals surface area contributed by atoms with Crippen LogP contribution in [0.3, 0.4) is 0 Å². The molecule has 8 nitrogen and oxygen atoms in total. The molecule has 0 saturated carbocycles. The second-order valence-corrected chi connectivity index (χ2v) is 9.57. The normalized spacial score (nSPS) is 19.5. The van der Waals surface area contributed by atoms with Crippen molar-refractivity contribution in [3.63, 3.8) is 0 Å². The number of rotatable bonds is 7. The number of aliphatic hydroxyl groups is 1. The van der Waals surface area contributed by atoms with Crippen molar-refractivity contribution >= 4 is 11.8 Å². The number of aryl methyl sites for hydroxylation is 2. The summed E-state index contributed by atoms with van der Waals surface area (Å²) in [6.07, 6.45) is 6.92. The number of ether oxygens (including phenoxy) is 2. The van der Waals surface area contributed by atoms with E-state index in [9.17, 15) is 14.3 Å². The molecular weight excluding hydrogens is 465 g/mol. The molecule has 1 aromatic carbocycles. The zero-order valence-corrected chi connectivity index (χ0v) is 20.8. The van der Waals surface area contributed by atoms with Crippen molar-refractivity contribution in [1.29, 1.82) is 0 Å². The van der Waals surface area contributed by atoms with E-state index in [0.717, 1.165) is 56.6 Å². The number of nitrogens with zero attached hydrogens (tertiary/aromatic N) is 2. The molecule has 0 bridgehead atoms. The number of aliphatic hydroxyl groups excluding tert-OH is 1. The number of anilines is 1. The monoisotopic (exact) mass is 501 g/mol. The zero-order chi connectivity index (χ0) is 25.5. The summed E-state index contributed by atoms with van der Waals surface area (Å²) in [5.74, 6) is 0.213. The van der Waals surface area contributed by atoms with E-state index in [-0.39, 0.29) is 18.5 Å². The number of halogens is 1. The Morgan fingerprint density at radius 2 is 2.06 bits per heavy atom. The number of carboxylic acid groups (broad SMARTS) is 1. The van der Waals surface area contributed by atoms with Crippen molar-refractivity contribution in [2.24, 2.45) is 0 Å². The van der Waals surface area contributed by atoms with Gasteiger partial charge in [-0.3, -0.25) is 9.69 Å². The number of hydrogen-bond donors (Lipinski definition) is 3. The number of likely N-dealkylation sites (tertiary alicyclic amines) is 1. The van der Waals surface area contributed by atoms with Gasteiger partial charge in [0.05, 0.1) is 0 Å². The molecular formula is C27H36FN3O5. The number of carboxylic acids is 1. The van der Waals surface area contributed by atoms with Crippen LogP contribution in [0, 0.1) is 5.82 Å². The van der Waals surface area contributed by atoms with E-state index >= 15 is 0 Å². The van der Waals surface area contributed by atoms with Gasteiger partial charge in [0, 0.05) is 30.5 Å². The summed E-state index contributed by atoms with van der Waals surface area (Å²) in [6, 6.07) is 5.89. The lowest BCUT2D eigenvalue weighted by Crippen LogP contribution is -2.34. The smallest absolute Gasteiger partial charge is 0.325 e. The number of aromatic nitrogens is 1. The fourth-order valence-corrected chi connectivity index (χ4v) is 4.88. The SMILES string of the molecule is CC1COc2cc(F)cc(C(C(=O)O)N3CCCC3)c2O1.OCCCCc1ccc2c(n1)NCCC2. The number of carbonyl (C=O) groups is 1. The Bertz CT molecular complexity index is 1040. The fourth-order valence-electron chi connectivity index (χ4n) is 4.88. The van der Waals surface area contributed by atoms with E-state index in [4.69, 9.17) is 14.6 Å². The molecule has 2 atom stereocenters. The first kappa shape index (κ1) is 26.2. The maximum atomic E-state index is 13.8. The molecule has 1 saturated heterocycles. The summed E-state index contributed by atoms with van der Waals surface area (Å²) in [4.78, 5) is 18.1. The van der Waals surface area contributed by atoms with Gasteiger partial charge in [0.25, 0.3) is 0 Å². The number of pyridine rings is 1. The Labute approximate surface area is 211 Å². The predicted octanol–water partition coefficient (Wildman–Crippen LogP) is 3.96. The van der Waals surface area contributed by atoms with Crippen LogP contribution in [-0.4, -0.2) is 65.0 Å². The van der Waals surface area contributed by atoms with Gasteiger partial charge < -0.3 is 25.0 Å². The quantitative estimate of drug-likeness (QED) is 0.490. The van der Waals surface area contributed by atoms with Gasteiger partial charge in [0.15, 0.2) is 11.5 Å². The fraction of sp³-hybridized carbons (Fsp3) is 0.556. The van der Waals surface area contributed by atoms with Gasteiger partial charge in [-0.15, -0.1) is 0 Å². The van der Waals surface area contributed by atoms with Crippen LogP contribution in [0.2, 0.25) is 0 Å². The molecule has 1 aromatic heterocycles. The molecule has 36 heavy (non-hydrogen) atoms. The van der Waals surface area contributed by atoms with Gasteiger partial charge >= 0.3 is 5.97 Å². The maximum absolute atomic E-state index is 13.8. The number of hydrogen-bond acceptors (Lipinski definition) is 7. The number of benzene rings is 1. The van der Waals surface area contributed by atoms with Crippen LogP contribution in [0.1, 0.15) is 61.9 Å². The Hall–Kier alpha value is -2.91. The summed E-state index contributed by atoms with van der Waals surface area (Å²) in [5.41, 5.74) is 2.81. The van der Waals surface area contributed by atoms with Gasteiger partial charge in [-0.25, -0.2) is 9.37 Å². The summed E-state index contributed by atoms with van der Waals surface area (Å²) < 4.78 is 25.0. The zero-order valence-electron chi connectivity index (χ0n) is 20.8. The van der Waals surface area contributed by atoms with Crippen LogP contribution in [0.25, 0.3) is 0 Å². The number of fused-ring (bicyclic) bond motifs is 2. The van der Waals surface area contributed by atoms with Crippen molar-refractivity contribution in [1.82, 2.24) is 9.88 Å². The second-order valence-electron chi connectivity index (χ2n) is 9.57. The molecule has 2 aromatic rings. The molecule has 3 N–H and O–H groups in total. The number of nitrogens with one attached hydrogen (secondary N) is 1. The highest BCUT2D eigenvalue weighted by Crippen LogP contribution is 2.41. The lowest BCUT2D eigenvalue weighted by atomic mass is 10.0. The molecule has 0 radical (unpaired) electrons. The predicted molar refractivity (Wildman–Crippen MR) is 134 cm³/mol. The lowest BCUT2D eigenvalue weighted by molar-refractivity contribution is -0.143. The molecule has 1 fully saturated rings. The minimum Gasteiger partial charge on any atom is -0.486 e. The van der Waals surface area contributed by atoms with E-state index < -0.39 is 17.8 Å². The van der Waals surface area contributed by atoms with Crippen LogP contribution in [0.5, 0.6) is 11.5 Å². The third-order valence-electron chi connectivity index (χ3n) is 6.67. The highest BCUT2D eigenvalue weighted by molar-refractivity contribution is 5.77. The average Bonchev–Trinajstić information content (AvgIpc) is 3.39. The van der Waals surface area contributed by atoms with Crippen LogP contribution in [-0.2, 0) is 17.6 Å². The standard InChI is InChI=1S/C15H18FNO4.C12H18N2O/c1-9-8-20-12-7-10(16)6-11(14(12)21-9)13(15(18)19)17-4-2-3-5-17;15-9-2-1-5-11-7-6-10-4-3-8-13-12(10)14-11/h6-7,9,13H,2-5,8H2,1H3,(H,18,19);6-7,15H,1-5,8-9H2,(H,13,14). The second kappa shape index (κ2) is 12.4. The molecule has 9 heteroatoms. The van der Waals surface area contributed by atoms with Gasteiger partial charge in [-0.1, -0.05) is 6.07 Å². The van der Waals surface area contributed by atoms with Crippen molar-refractivity contribution in [2.75, 3.05) is 38.2 Å². The van der Waals surface area contributed by atoms with Crippen LogP contribution in [0.15, 0.2) is 24.3 Å². The Morgan fingerprint density at radius 1 is 1.25 bits per heavy atom. The number of aliphatic carboxylic acids is 1. The van der Waals surface area contributed by atoms with Crippen molar-refractivity contribution in [3.05, 3.63) is 46.9 Å². The molecule has 0 amide bonds. The van der Waals surface area contributed by atoms with E-state index in [1.54, 1.807) is 0 Å². The summed E-state index contributed by atoms with van der Waals surface area (Å²) in [7, 11) is 0. The third-order valence-corrected chi connectivity index (χ3v) is 6.67. The molecule has 4 heterocycles.